The molecule has 1 aliphatic rings. The molecule has 0 bridgehead atoms. The van der Waals surface area contributed by atoms with Gasteiger partial charge in [0.1, 0.15) is 5.75 Å². The van der Waals surface area contributed by atoms with E-state index in [2.05, 4.69) is 11.1 Å². The number of ether oxygens (including phenoxy) is 1. The van der Waals surface area contributed by atoms with Gasteiger partial charge in [0.25, 0.3) is 0 Å². The predicted molar refractivity (Wildman–Crippen MR) is 122 cm³/mol. The summed E-state index contributed by atoms with van der Waals surface area (Å²) in [4.78, 5) is 3.83. The third kappa shape index (κ3) is 3.32. The van der Waals surface area contributed by atoms with Crippen LogP contribution in [0.3, 0.4) is 0 Å². The molecule has 0 spiro atoms. The summed E-state index contributed by atoms with van der Waals surface area (Å²) in [5.74, 6) is 0.702. The van der Waals surface area contributed by atoms with E-state index in [1.807, 2.05) is 61.5 Å². The molecule has 5 nitrogen and oxygen atoms in total. The lowest BCUT2D eigenvalue weighted by molar-refractivity contribution is 0.339. The van der Waals surface area contributed by atoms with Gasteiger partial charge in [-0.15, -0.1) is 0 Å². The van der Waals surface area contributed by atoms with Gasteiger partial charge in [0, 0.05) is 23.1 Å². The first-order valence-electron chi connectivity index (χ1n) is 10.3. The second kappa shape index (κ2) is 7.55. The van der Waals surface area contributed by atoms with Crippen molar-refractivity contribution >= 4 is 20.9 Å². The second-order valence-corrected chi connectivity index (χ2v) is 9.81. The molecule has 0 amide bonds. The lowest BCUT2D eigenvalue weighted by Gasteiger charge is -2.35. The van der Waals surface area contributed by atoms with Crippen LogP contribution >= 0.6 is 0 Å². The van der Waals surface area contributed by atoms with Gasteiger partial charge in [-0.2, -0.15) is 4.31 Å². The van der Waals surface area contributed by atoms with Crippen molar-refractivity contribution in [1.82, 2.24) is 9.29 Å². The van der Waals surface area contributed by atoms with Crippen LogP contribution in [0.4, 0.5) is 0 Å². The molecule has 158 valence electrons. The van der Waals surface area contributed by atoms with Crippen molar-refractivity contribution in [2.24, 2.45) is 0 Å². The molecule has 4 aromatic rings. The molecule has 0 unspecified atom stereocenters. The summed E-state index contributed by atoms with van der Waals surface area (Å²) in [6, 6.07) is 22.4. The lowest BCUT2D eigenvalue weighted by Crippen LogP contribution is -2.40. The van der Waals surface area contributed by atoms with Gasteiger partial charge in [-0.3, -0.25) is 0 Å². The molecule has 0 radical (unpaired) electrons. The van der Waals surface area contributed by atoms with Crippen LogP contribution in [0.2, 0.25) is 0 Å². The number of para-hydroxylation sites is 1. The highest BCUT2D eigenvalue weighted by molar-refractivity contribution is 7.89. The average molecular weight is 433 g/mol. The number of aromatic amines is 1. The van der Waals surface area contributed by atoms with Gasteiger partial charge in [0.05, 0.1) is 18.0 Å². The van der Waals surface area contributed by atoms with Gasteiger partial charge in [-0.05, 0) is 54.8 Å². The smallest absolute Gasteiger partial charge is 0.244 e. The number of nitrogens with one attached hydrogen (secondary N) is 1. The third-order valence-electron chi connectivity index (χ3n) is 6.03. The van der Waals surface area contributed by atoms with Crippen LogP contribution in [0, 0.1) is 6.92 Å². The number of aromatic nitrogens is 1. The molecule has 1 atom stereocenters. The van der Waals surface area contributed by atoms with Gasteiger partial charge >= 0.3 is 0 Å². The van der Waals surface area contributed by atoms with Crippen molar-refractivity contribution in [3.05, 3.63) is 95.2 Å². The van der Waals surface area contributed by atoms with E-state index in [1.165, 1.54) is 5.56 Å². The molecular formula is C25H24N2O3S. The molecule has 0 saturated carbocycles. The van der Waals surface area contributed by atoms with E-state index in [0.717, 1.165) is 27.7 Å². The van der Waals surface area contributed by atoms with Crippen LogP contribution < -0.4 is 4.74 Å². The summed E-state index contributed by atoms with van der Waals surface area (Å²) in [5.41, 5.74) is 5.03. The number of hydrogen-bond donors (Lipinski definition) is 1. The topological polar surface area (TPSA) is 62.4 Å². The molecule has 0 fully saturated rings. The summed E-state index contributed by atoms with van der Waals surface area (Å²) < 4.78 is 34.5. The molecule has 1 aliphatic heterocycles. The number of hydrogen-bond acceptors (Lipinski definition) is 3. The van der Waals surface area contributed by atoms with Gasteiger partial charge in [0.15, 0.2) is 0 Å². The van der Waals surface area contributed by atoms with Crippen LogP contribution in [0.1, 0.15) is 28.4 Å². The number of aryl methyl sites for hydroxylation is 1. The van der Waals surface area contributed by atoms with Crippen LogP contribution in [-0.4, -0.2) is 31.4 Å². The lowest BCUT2D eigenvalue weighted by atomic mass is 9.94. The Hall–Kier alpha value is -3.09. The molecule has 0 saturated heterocycles. The summed E-state index contributed by atoms with van der Waals surface area (Å²) in [7, 11) is -2.08. The minimum Gasteiger partial charge on any atom is -0.497 e. The van der Waals surface area contributed by atoms with E-state index in [1.54, 1.807) is 23.5 Å². The van der Waals surface area contributed by atoms with Crippen molar-refractivity contribution in [3.8, 4) is 5.75 Å². The first-order valence-corrected chi connectivity index (χ1v) is 11.7. The maximum atomic E-state index is 13.7. The normalized spacial score (nSPS) is 16.9. The first kappa shape index (κ1) is 19.8. The van der Waals surface area contributed by atoms with Gasteiger partial charge in [-0.25, -0.2) is 8.42 Å². The monoisotopic (exact) mass is 432 g/mol. The fraction of sp³-hybridized carbons (Fsp3) is 0.200. The zero-order valence-corrected chi connectivity index (χ0v) is 18.3. The Morgan fingerprint density at radius 1 is 1.00 bits per heavy atom. The minimum atomic E-state index is -3.70. The number of nitrogens with zero attached hydrogens (tertiary/aromatic N) is 1. The molecule has 3 aromatic carbocycles. The van der Waals surface area contributed by atoms with Gasteiger partial charge in [0.2, 0.25) is 10.0 Å². The van der Waals surface area contributed by atoms with Crippen molar-refractivity contribution < 1.29 is 13.2 Å². The van der Waals surface area contributed by atoms with E-state index in [4.69, 9.17) is 4.74 Å². The highest BCUT2D eigenvalue weighted by atomic mass is 32.2. The minimum absolute atomic E-state index is 0.311. The Balaban J connectivity index is 1.71. The third-order valence-corrected chi connectivity index (χ3v) is 7.91. The summed E-state index contributed by atoms with van der Waals surface area (Å²) in [6.07, 6.45) is 0.658. The molecule has 31 heavy (non-hydrogen) atoms. The van der Waals surface area contributed by atoms with Crippen LogP contribution in [0.5, 0.6) is 5.75 Å². The van der Waals surface area contributed by atoms with Crippen molar-refractivity contribution in [2.45, 2.75) is 24.3 Å². The zero-order valence-electron chi connectivity index (χ0n) is 17.5. The average Bonchev–Trinajstić information content (AvgIpc) is 3.17. The van der Waals surface area contributed by atoms with Crippen molar-refractivity contribution in [2.75, 3.05) is 13.7 Å². The van der Waals surface area contributed by atoms with E-state index >= 15 is 0 Å². The van der Waals surface area contributed by atoms with E-state index < -0.39 is 16.1 Å². The van der Waals surface area contributed by atoms with E-state index in [9.17, 15) is 8.42 Å². The standard InChI is InChI=1S/C25H24N2O3S/c1-17-10-12-20(13-11-17)31(28,29)27-15-14-22-21-8-3-4-9-23(21)26-24(22)25(27)18-6-5-7-19(16-18)30-2/h3-13,16,25-26H,14-15H2,1-2H3/t25-/m1/s1. The molecule has 0 aliphatic carbocycles. The molecule has 6 heteroatoms. The maximum Gasteiger partial charge on any atom is 0.244 e. The number of sulfonamides is 1. The van der Waals surface area contributed by atoms with Crippen LogP contribution in [-0.2, 0) is 16.4 Å². The number of fused-ring (bicyclic) bond motifs is 3. The molecule has 1 aromatic heterocycles. The largest absolute Gasteiger partial charge is 0.497 e. The Labute approximate surface area is 182 Å². The SMILES string of the molecule is COc1cccc([C@@H]2c3[nH]c4ccccc4c3CCN2S(=O)(=O)c2ccc(C)cc2)c1. The highest BCUT2D eigenvalue weighted by Crippen LogP contribution is 2.41. The quantitative estimate of drug-likeness (QED) is 0.503. The summed E-state index contributed by atoms with van der Waals surface area (Å²) in [6.45, 7) is 2.36. The summed E-state index contributed by atoms with van der Waals surface area (Å²) >= 11 is 0. The van der Waals surface area contributed by atoms with E-state index in [0.29, 0.717) is 23.6 Å². The number of benzene rings is 3. The van der Waals surface area contributed by atoms with Gasteiger partial charge < -0.3 is 9.72 Å². The van der Waals surface area contributed by atoms with Crippen molar-refractivity contribution in [3.63, 3.8) is 0 Å². The maximum absolute atomic E-state index is 13.7. The zero-order chi connectivity index (χ0) is 21.6. The van der Waals surface area contributed by atoms with E-state index in [-0.39, 0.29) is 0 Å². The first-order chi connectivity index (χ1) is 15.0. The fourth-order valence-corrected chi connectivity index (χ4v) is 6.05. The Morgan fingerprint density at radius 3 is 2.55 bits per heavy atom. The Bertz CT molecular complexity index is 1360. The molecular weight excluding hydrogens is 408 g/mol. The number of rotatable bonds is 4. The van der Waals surface area contributed by atoms with Crippen LogP contribution in [0.15, 0.2) is 77.7 Å². The Kier molecular flexibility index (Phi) is 4.84. The van der Waals surface area contributed by atoms with Crippen molar-refractivity contribution in [1.29, 1.82) is 0 Å². The van der Waals surface area contributed by atoms with Gasteiger partial charge in [-0.1, -0.05) is 48.0 Å². The molecule has 5 rings (SSSR count). The molecule has 1 N–H and O–H groups in total. The Morgan fingerprint density at radius 2 is 1.77 bits per heavy atom. The second-order valence-electron chi connectivity index (χ2n) is 7.92. The fourth-order valence-electron chi connectivity index (χ4n) is 4.47. The number of methoxy groups -OCH3 is 1. The highest BCUT2D eigenvalue weighted by Gasteiger charge is 2.39. The number of H-pyrrole nitrogens is 1. The molecule has 2 heterocycles. The predicted octanol–water partition coefficient (Wildman–Crippen LogP) is 4.82. The summed E-state index contributed by atoms with van der Waals surface area (Å²) in [5, 5.41) is 1.15. The van der Waals surface area contributed by atoms with Crippen LogP contribution in [0.25, 0.3) is 10.9 Å².